The van der Waals surface area contributed by atoms with E-state index in [1.54, 1.807) is 55.4 Å². The zero-order valence-corrected chi connectivity index (χ0v) is 59.2. The smallest absolute Gasteiger partial charge is 0.251 e. The Morgan fingerprint density at radius 2 is 1.06 bits per heavy atom. The number of nitrogens with zero attached hydrogens (tertiary/aromatic N) is 7. The second-order valence-corrected chi connectivity index (χ2v) is 27.5. The van der Waals surface area contributed by atoms with Crippen molar-refractivity contribution in [2.75, 3.05) is 62.5 Å². The third-order valence-corrected chi connectivity index (χ3v) is 17.0. The monoisotopic (exact) mass is 1270 g/mol. The summed E-state index contributed by atoms with van der Waals surface area (Å²) in [5.41, 5.74) is -1.07. The third kappa shape index (κ3) is 23.3. The molecule has 1 aliphatic heterocycles. The van der Waals surface area contributed by atoms with E-state index in [4.69, 9.17) is 4.74 Å². The third-order valence-electron chi connectivity index (χ3n) is 17.0. The average Bonchev–Trinajstić information content (AvgIpc) is 1.79. The number of ketones is 1. The Morgan fingerprint density at radius 1 is 0.556 bits per heavy atom. The van der Waals surface area contributed by atoms with E-state index in [0.29, 0.717) is 19.3 Å². The molecule has 1 fully saturated rings. The number of likely N-dealkylation sites (N-methyl/N-ethyl adjacent to an activating group) is 7. The Bertz CT molecular complexity index is 2480. The lowest BCUT2D eigenvalue weighted by Crippen LogP contribution is -2.63. The molecule has 0 aromatic carbocycles. The number of hydrogen-bond acceptors (Lipinski definition) is 13. The van der Waals surface area contributed by atoms with Gasteiger partial charge >= 0.3 is 0 Å². The van der Waals surface area contributed by atoms with Crippen LogP contribution in [0.5, 0.6) is 0 Å². The molecule has 24 nitrogen and oxygen atoms in total. The lowest BCUT2D eigenvalue weighted by Gasteiger charge is -2.40. The highest BCUT2D eigenvalue weighted by atomic mass is 16.5. The predicted molar refractivity (Wildman–Crippen MR) is 348 cm³/mol. The van der Waals surface area contributed by atoms with Crippen molar-refractivity contribution < 1.29 is 62.3 Å². The fraction of sp³-hybridized carbons (Fsp3) is 0.788. The highest BCUT2D eigenvalue weighted by molar-refractivity contribution is 6.10. The molecule has 11 amide bonds. The van der Waals surface area contributed by atoms with Crippen molar-refractivity contribution in [2.45, 2.75) is 242 Å². The van der Waals surface area contributed by atoms with Crippen LogP contribution in [0.3, 0.4) is 0 Å². The molecule has 514 valence electrons. The van der Waals surface area contributed by atoms with Gasteiger partial charge < -0.3 is 60.3 Å². The molecule has 0 bridgehead atoms. The predicted octanol–water partition coefficient (Wildman–Crippen LogP) is 4.42. The molecule has 0 aromatic heterocycles. The van der Waals surface area contributed by atoms with Crippen molar-refractivity contribution in [3.8, 4) is 0 Å². The summed E-state index contributed by atoms with van der Waals surface area (Å²) in [6, 6.07) is -13.0. The molecule has 0 saturated carbocycles. The Kier molecular flexibility index (Phi) is 33.7. The summed E-state index contributed by atoms with van der Waals surface area (Å²) in [5, 5.41) is 11.0. The minimum absolute atomic E-state index is 0.0216. The van der Waals surface area contributed by atoms with Gasteiger partial charge in [-0.25, -0.2) is 0 Å². The van der Waals surface area contributed by atoms with Crippen LogP contribution in [0.2, 0.25) is 0 Å². The van der Waals surface area contributed by atoms with Gasteiger partial charge in [0.2, 0.25) is 59.1 Å². The van der Waals surface area contributed by atoms with Crippen LogP contribution in [-0.2, 0) is 62.3 Å². The first kappa shape index (κ1) is 81.6. The molecule has 1 rings (SSSR count). The zero-order chi connectivity index (χ0) is 69.7. The maximum absolute atomic E-state index is 15.2. The van der Waals surface area contributed by atoms with Gasteiger partial charge in [-0.15, -0.1) is 6.58 Å². The van der Waals surface area contributed by atoms with Gasteiger partial charge in [0.25, 0.3) is 5.91 Å². The van der Waals surface area contributed by atoms with Gasteiger partial charge in [0, 0.05) is 61.7 Å². The van der Waals surface area contributed by atoms with E-state index in [-0.39, 0.29) is 56.5 Å². The van der Waals surface area contributed by atoms with E-state index in [1.165, 1.54) is 88.9 Å². The van der Waals surface area contributed by atoms with Crippen molar-refractivity contribution >= 4 is 70.8 Å². The highest BCUT2D eigenvalue weighted by Gasteiger charge is 2.46. The largest absolute Gasteiger partial charge is 0.371 e. The van der Waals surface area contributed by atoms with Crippen molar-refractivity contribution in [2.24, 2.45) is 35.5 Å². The Morgan fingerprint density at radius 3 is 1.53 bits per heavy atom. The summed E-state index contributed by atoms with van der Waals surface area (Å²) in [5.74, 6) is -10.7. The van der Waals surface area contributed by atoms with E-state index in [1.807, 2.05) is 48.5 Å². The second kappa shape index (κ2) is 37.2. The minimum Gasteiger partial charge on any atom is -0.371 e. The Hall–Kier alpha value is -6.46. The van der Waals surface area contributed by atoms with Gasteiger partial charge in [0.1, 0.15) is 54.4 Å². The molecular formula is C66H117N11O13. The number of amides is 11. The topological polar surface area (TPSA) is 285 Å². The number of nitrogens with one attached hydrogen (secondary N) is 4. The van der Waals surface area contributed by atoms with Gasteiger partial charge in [-0.05, 0) is 95.8 Å². The molecule has 0 radical (unpaired) electrons. The van der Waals surface area contributed by atoms with Crippen molar-refractivity contribution in [3.63, 3.8) is 0 Å². The highest BCUT2D eigenvalue weighted by Crippen LogP contribution is 2.26. The van der Waals surface area contributed by atoms with Crippen LogP contribution in [0.15, 0.2) is 12.7 Å². The molecule has 24 heteroatoms. The molecular weight excluding hydrogens is 1150 g/mol. The van der Waals surface area contributed by atoms with Crippen LogP contribution in [0.1, 0.15) is 175 Å². The summed E-state index contributed by atoms with van der Waals surface area (Å²) < 4.78 is 6.04. The second-order valence-electron chi connectivity index (χ2n) is 27.5. The summed E-state index contributed by atoms with van der Waals surface area (Å²) in [7, 11) is 9.76. The van der Waals surface area contributed by atoms with Gasteiger partial charge in [0.15, 0.2) is 11.8 Å². The maximum Gasteiger partial charge on any atom is 0.251 e. The van der Waals surface area contributed by atoms with E-state index >= 15 is 14.4 Å². The van der Waals surface area contributed by atoms with E-state index in [2.05, 4.69) is 27.8 Å². The number of ether oxygens (including phenoxy) is 1. The number of hydrogen-bond donors (Lipinski definition) is 4. The minimum atomic E-state index is -1.79. The van der Waals surface area contributed by atoms with E-state index in [0.717, 1.165) is 21.1 Å². The van der Waals surface area contributed by atoms with Crippen molar-refractivity contribution in [1.29, 1.82) is 0 Å². The van der Waals surface area contributed by atoms with Crippen molar-refractivity contribution in [1.82, 2.24) is 55.6 Å². The molecule has 0 aromatic rings. The van der Waals surface area contributed by atoms with Crippen LogP contribution in [0.25, 0.3) is 0 Å². The number of unbranched alkanes of at least 4 members (excludes halogenated alkanes) is 1. The molecule has 1 saturated heterocycles. The quantitative estimate of drug-likeness (QED) is 0.0972. The molecule has 1 heterocycles. The fourth-order valence-electron chi connectivity index (χ4n) is 11.2. The fourth-order valence-corrected chi connectivity index (χ4v) is 11.2. The standard InChI is InChI=1S/C66H117N11O13/c1-26-29-30-43(14)55(79)54-59(83)69-46(28-3)61(85)71(19)37-51(78)72(20)50(36-66(17,18)90-33-27-2)58(82)70-52(41(10)11)64(88)73(21)47(32-31-38(4)5)57(81)67-44(15)56(80)68-45(16)60(84)74(22)48(34-39(6)7)62(86)75(23)49(35-40(8)9)63(87)76(24)53(42(12)13)65(89)77(54)25/h27,38-50,52-54H,2,26,28-37H2,1,3-25H3,(H,67,81)(H,68,80)(H,69,83)(H,70,82)/t43-,44-,45+,46-,47-,48+,49-,50+,52-,53-,54?/m1/s1. The van der Waals surface area contributed by atoms with Crippen LogP contribution in [0, 0.1) is 35.5 Å². The molecule has 90 heavy (non-hydrogen) atoms. The SMILES string of the molecule is C=CCOC(C)(C)C[C@H]1C(=O)N[C@H](C(C)C)C(=O)N(C)[C@H](CCC(C)C)C(=O)N[C@H](C)C(=O)N[C@@H](C)C(=O)N(C)[C@@H](CC(C)C)C(=O)N(C)[C@H](CC(C)C)C(=O)N(C)[C@H](C(C)C)C(=O)N(C)C(C(=O)[C@H](C)CCCC)C(=O)N[C@H](CC)C(=O)N(C)CC(=O)N1C. The van der Waals surface area contributed by atoms with Gasteiger partial charge in [-0.3, -0.25) is 57.5 Å². The van der Waals surface area contributed by atoms with E-state index < -0.39 is 161 Å². The summed E-state index contributed by atoms with van der Waals surface area (Å²) in [6.45, 7) is 32.9. The Balaban J connectivity index is 4.42. The van der Waals surface area contributed by atoms with Crippen LogP contribution >= 0.6 is 0 Å². The lowest BCUT2D eigenvalue weighted by atomic mass is 9.91. The normalized spacial score (nSPS) is 25.7. The number of rotatable bonds is 20. The molecule has 1 unspecified atom stereocenters. The molecule has 4 N–H and O–H groups in total. The first-order valence-electron chi connectivity index (χ1n) is 32.4. The Labute approximate surface area is 538 Å². The van der Waals surface area contributed by atoms with Crippen LogP contribution < -0.4 is 21.3 Å². The number of carbonyl (C=O) groups is 12. The summed E-state index contributed by atoms with van der Waals surface area (Å²) in [4.78, 5) is 185. The van der Waals surface area contributed by atoms with Crippen molar-refractivity contribution in [3.05, 3.63) is 12.7 Å². The van der Waals surface area contributed by atoms with Gasteiger partial charge in [0.05, 0.1) is 18.8 Å². The van der Waals surface area contributed by atoms with E-state index in [9.17, 15) is 43.2 Å². The zero-order valence-electron chi connectivity index (χ0n) is 59.2. The number of carbonyl (C=O) groups excluding carboxylic acids is 12. The molecule has 1 aliphatic rings. The summed E-state index contributed by atoms with van der Waals surface area (Å²) >= 11 is 0. The molecule has 0 spiro atoms. The lowest BCUT2D eigenvalue weighted by molar-refractivity contribution is -0.157. The van der Waals surface area contributed by atoms with Gasteiger partial charge in [-0.2, -0.15) is 0 Å². The average molecular weight is 1270 g/mol. The first-order chi connectivity index (χ1) is 41.6. The first-order valence-corrected chi connectivity index (χ1v) is 32.4. The van der Waals surface area contributed by atoms with Crippen LogP contribution in [-0.4, -0.2) is 234 Å². The molecule has 0 aliphatic carbocycles. The maximum atomic E-state index is 15.2. The summed E-state index contributed by atoms with van der Waals surface area (Å²) in [6.07, 6.45) is 4.05. The van der Waals surface area contributed by atoms with Crippen LogP contribution in [0.4, 0.5) is 0 Å². The molecule has 11 atom stereocenters. The van der Waals surface area contributed by atoms with Gasteiger partial charge in [-0.1, -0.05) is 109 Å². The number of Topliss-reactive ketones (excluding diaryl/α,β-unsaturated/α-hetero) is 1.